The lowest BCUT2D eigenvalue weighted by Gasteiger charge is -2.32. The van der Waals surface area contributed by atoms with Crippen molar-refractivity contribution >= 4 is 28.7 Å². The Balaban J connectivity index is 1.53. The van der Waals surface area contributed by atoms with Gasteiger partial charge in [0.25, 0.3) is 0 Å². The lowest BCUT2D eigenvalue weighted by molar-refractivity contribution is -0.401. The summed E-state index contributed by atoms with van der Waals surface area (Å²) in [7, 11) is 3.90. The summed E-state index contributed by atoms with van der Waals surface area (Å²) < 4.78 is 2.06. The van der Waals surface area contributed by atoms with Crippen molar-refractivity contribution in [3.63, 3.8) is 0 Å². The minimum absolute atomic E-state index is 0.0911. The predicted octanol–water partition coefficient (Wildman–Crippen LogP) is 4.89. The molecular weight excluding hydrogens is 460 g/mol. The third-order valence-corrected chi connectivity index (χ3v) is 8.16. The quantitative estimate of drug-likeness (QED) is 0.347. The first-order valence-corrected chi connectivity index (χ1v) is 12.5. The smallest absolute Gasteiger partial charge is 0.209 e. The number of hydrogen-bond acceptors (Lipinski definition) is 4. The molecule has 1 aliphatic carbocycles. The first kappa shape index (κ1) is 24.7. The van der Waals surface area contributed by atoms with E-state index >= 15 is 0 Å². The molecule has 2 aromatic carbocycles. The largest absolute Gasteiger partial charge is 0.871 e. The third-order valence-electron chi connectivity index (χ3n) is 8.16. The molecule has 3 aliphatic rings. The van der Waals surface area contributed by atoms with Crippen molar-refractivity contribution in [2.45, 2.75) is 45.4 Å². The average Bonchev–Trinajstić information content (AvgIpc) is 3.17. The van der Waals surface area contributed by atoms with Crippen molar-refractivity contribution in [3.8, 4) is 0 Å². The van der Waals surface area contributed by atoms with E-state index in [1.165, 1.54) is 5.56 Å². The Bertz CT molecular complexity index is 1560. The number of Topliss-reactive ketones (excluding diaryl/α,β-unsaturated/α-hetero) is 2. The maximum Gasteiger partial charge on any atom is 0.209 e. The highest BCUT2D eigenvalue weighted by atomic mass is 16.3. The van der Waals surface area contributed by atoms with Crippen LogP contribution >= 0.6 is 0 Å². The molecule has 188 valence electrons. The molecule has 0 saturated carbocycles. The number of hydrogen-bond donors (Lipinski definition) is 0. The zero-order chi connectivity index (χ0) is 27.0. The molecule has 5 heteroatoms. The highest BCUT2D eigenvalue weighted by Crippen LogP contribution is 2.48. The Hall–Kier alpha value is -3.99. The van der Waals surface area contributed by atoms with Gasteiger partial charge in [-0.2, -0.15) is 4.58 Å². The highest BCUT2D eigenvalue weighted by molar-refractivity contribution is 6.24. The summed E-state index contributed by atoms with van der Waals surface area (Å²) in [5.41, 5.74) is 6.64. The lowest BCUT2D eigenvalue weighted by Crippen LogP contribution is -2.34. The van der Waals surface area contributed by atoms with Crippen molar-refractivity contribution in [1.82, 2.24) is 0 Å². The Morgan fingerprint density at radius 3 is 2.32 bits per heavy atom. The van der Waals surface area contributed by atoms with Crippen LogP contribution in [0.25, 0.3) is 0 Å². The van der Waals surface area contributed by atoms with Gasteiger partial charge in [0.1, 0.15) is 7.05 Å². The SMILES string of the molecule is C=C(C)C(=O)c1ccc2c(c1)C(C)(C)C(=CC1=C([O-])C(=CC3=[N+](C)c4ccccc4C3(C)C)C1=O)N2C. The van der Waals surface area contributed by atoms with Crippen LogP contribution in [0.1, 0.15) is 56.1 Å². The first-order chi connectivity index (χ1) is 17.3. The number of allylic oxidation sites excluding steroid dienone is 6. The number of nitrogens with zero attached hydrogens (tertiary/aromatic N) is 2. The summed E-state index contributed by atoms with van der Waals surface area (Å²) in [4.78, 5) is 27.8. The lowest BCUT2D eigenvalue weighted by atomic mass is 9.77. The van der Waals surface area contributed by atoms with Crippen molar-refractivity contribution in [2.75, 3.05) is 19.0 Å². The normalized spacial score (nSPS) is 21.5. The minimum atomic E-state index is -0.494. The fourth-order valence-electron chi connectivity index (χ4n) is 5.91. The van der Waals surface area contributed by atoms with Gasteiger partial charge < -0.3 is 10.0 Å². The van der Waals surface area contributed by atoms with Gasteiger partial charge in [-0.1, -0.05) is 44.4 Å². The van der Waals surface area contributed by atoms with Crippen molar-refractivity contribution in [3.05, 3.63) is 106 Å². The van der Waals surface area contributed by atoms with E-state index in [1.807, 2.05) is 57.1 Å². The number of carbonyl (C=O) groups is 2. The second-order valence-corrected chi connectivity index (χ2v) is 11.3. The molecule has 0 amide bonds. The molecule has 0 unspecified atom stereocenters. The second-order valence-electron chi connectivity index (χ2n) is 11.3. The molecule has 0 fully saturated rings. The van der Waals surface area contributed by atoms with Crippen LogP contribution < -0.4 is 10.0 Å². The number of ketones is 2. The topological polar surface area (TPSA) is 63.4 Å². The van der Waals surface area contributed by atoms with Crippen molar-refractivity contribution in [2.24, 2.45) is 0 Å². The standard InChI is InChI=1S/C32H32N2O3/c1-18(2)28(35)19-13-14-25-23(15-19)32(5,6)27(34(25)8)17-21-29(36)20(30(21)37)16-26-31(3,4)22-11-9-10-12-24(22)33(26)7/h9-17H,1H2,2-8H3. The van der Waals surface area contributed by atoms with E-state index in [1.54, 1.807) is 25.1 Å². The van der Waals surface area contributed by atoms with Gasteiger partial charge in [0, 0.05) is 58.3 Å². The van der Waals surface area contributed by atoms with E-state index in [0.29, 0.717) is 11.1 Å². The molecule has 0 spiro atoms. The van der Waals surface area contributed by atoms with Crippen LogP contribution in [0.3, 0.4) is 0 Å². The number of anilines is 1. The highest BCUT2D eigenvalue weighted by Gasteiger charge is 2.45. The van der Waals surface area contributed by atoms with E-state index in [-0.39, 0.29) is 33.9 Å². The van der Waals surface area contributed by atoms with Gasteiger partial charge in [-0.3, -0.25) is 9.59 Å². The fourth-order valence-corrected chi connectivity index (χ4v) is 5.91. The number of para-hydroxylation sites is 1. The molecular formula is C32H32N2O3. The van der Waals surface area contributed by atoms with Crippen LogP contribution in [0.4, 0.5) is 11.4 Å². The van der Waals surface area contributed by atoms with Gasteiger partial charge >= 0.3 is 0 Å². The first-order valence-electron chi connectivity index (χ1n) is 12.5. The number of fused-ring (bicyclic) bond motifs is 2. The van der Waals surface area contributed by atoms with E-state index in [9.17, 15) is 14.7 Å². The van der Waals surface area contributed by atoms with E-state index < -0.39 is 5.41 Å². The zero-order valence-corrected chi connectivity index (χ0v) is 22.5. The summed E-state index contributed by atoms with van der Waals surface area (Å²) in [5, 5.41) is 13.3. The van der Waals surface area contributed by atoms with Crippen LogP contribution in [-0.2, 0) is 15.6 Å². The summed E-state index contributed by atoms with van der Waals surface area (Å²) >= 11 is 0. The second kappa shape index (κ2) is 8.01. The van der Waals surface area contributed by atoms with Crippen LogP contribution in [-0.4, -0.2) is 35.9 Å². The van der Waals surface area contributed by atoms with Gasteiger partial charge in [0.2, 0.25) is 5.69 Å². The molecule has 2 aliphatic heterocycles. The molecule has 2 heterocycles. The molecule has 0 radical (unpaired) electrons. The maximum atomic E-state index is 13.3. The van der Waals surface area contributed by atoms with Crippen molar-refractivity contribution in [1.29, 1.82) is 0 Å². The Kier molecular flexibility index (Phi) is 5.34. The Morgan fingerprint density at radius 1 is 1.03 bits per heavy atom. The molecule has 0 atom stereocenters. The van der Waals surface area contributed by atoms with Crippen LogP contribution in [0.5, 0.6) is 0 Å². The van der Waals surface area contributed by atoms with E-state index in [2.05, 4.69) is 37.1 Å². The molecule has 2 aromatic rings. The predicted molar refractivity (Wildman–Crippen MR) is 146 cm³/mol. The molecule has 0 saturated heterocycles. The summed E-state index contributed by atoms with van der Waals surface area (Å²) in [5.74, 6) is -0.557. The van der Waals surface area contributed by atoms with Crippen molar-refractivity contribution < 1.29 is 19.3 Å². The van der Waals surface area contributed by atoms with Gasteiger partial charge in [-0.25, -0.2) is 0 Å². The maximum absolute atomic E-state index is 13.3. The molecule has 0 aromatic heterocycles. The molecule has 0 bridgehead atoms. The summed E-state index contributed by atoms with van der Waals surface area (Å²) in [6.07, 6.45) is 3.49. The fraction of sp³-hybridized carbons (Fsp3) is 0.281. The molecule has 5 rings (SSSR count). The molecule has 37 heavy (non-hydrogen) atoms. The summed E-state index contributed by atoms with van der Waals surface area (Å²) in [6.45, 7) is 13.8. The minimum Gasteiger partial charge on any atom is -0.871 e. The third kappa shape index (κ3) is 3.41. The van der Waals surface area contributed by atoms with Gasteiger partial charge in [-0.05, 0) is 56.2 Å². The Labute approximate surface area is 218 Å². The molecule has 0 N–H and O–H groups in total. The number of carbonyl (C=O) groups excluding carboxylic acids is 2. The van der Waals surface area contributed by atoms with Crippen LogP contribution in [0.15, 0.2) is 89.4 Å². The zero-order valence-electron chi connectivity index (χ0n) is 22.5. The van der Waals surface area contributed by atoms with E-state index in [0.717, 1.165) is 28.3 Å². The number of rotatable bonds is 4. The average molecular weight is 493 g/mol. The van der Waals surface area contributed by atoms with Gasteiger partial charge in [0.05, 0.1) is 5.41 Å². The van der Waals surface area contributed by atoms with Crippen LogP contribution in [0, 0.1) is 0 Å². The van der Waals surface area contributed by atoms with E-state index in [4.69, 9.17) is 0 Å². The molecule has 5 nitrogen and oxygen atoms in total. The monoisotopic (exact) mass is 492 g/mol. The summed E-state index contributed by atoms with van der Waals surface area (Å²) in [6, 6.07) is 13.8. The van der Waals surface area contributed by atoms with Gasteiger partial charge in [-0.15, -0.1) is 0 Å². The number of likely N-dealkylation sites (N-methyl/N-ethyl adjacent to an activating group) is 1. The Morgan fingerprint density at radius 2 is 1.70 bits per heavy atom. The van der Waals surface area contributed by atoms with Crippen LogP contribution in [0.2, 0.25) is 0 Å². The number of benzene rings is 2. The van der Waals surface area contributed by atoms with Gasteiger partial charge in [0.15, 0.2) is 17.3 Å².